The number of furan rings is 1. The van der Waals surface area contributed by atoms with Gasteiger partial charge in [-0.25, -0.2) is 0 Å². The largest absolute Gasteiger partial charge is 0.497 e. The fourth-order valence-corrected chi connectivity index (χ4v) is 3.61. The molecule has 2 heterocycles. The monoisotopic (exact) mass is 404 g/mol. The van der Waals surface area contributed by atoms with Gasteiger partial charge in [-0.05, 0) is 31.2 Å². The molecule has 1 aliphatic heterocycles. The predicted molar refractivity (Wildman–Crippen MR) is 115 cm³/mol. The van der Waals surface area contributed by atoms with Crippen molar-refractivity contribution in [2.45, 2.75) is 6.92 Å². The van der Waals surface area contributed by atoms with E-state index in [0.717, 1.165) is 30.1 Å². The maximum Gasteiger partial charge on any atom is 0.289 e. The topological polar surface area (TPSA) is 63.0 Å². The average Bonchev–Trinajstić information content (AvgIpc) is 3.29. The highest BCUT2D eigenvalue weighted by atomic mass is 16.5. The number of anilines is 1. The molecule has 0 radical (unpaired) electrons. The molecule has 1 aliphatic rings. The van der Waals surface area contributed by atoms with Crippen LogP contribution >= 0.6 is 0 Å². The van der Waals surface area contributed by atoms with Crippen LogP contribution in [0.1, 0.15) is 27.8 Å². The van der Waals surface area contributed by atoms with Gasteiger partial charge in [-0.15, -0.1) is 0 Å². The molecule has 0 bridgehead atoms. The van der Waals surface area contributed by atoms with Gasteiger partial charge in [0.25, 0.3) is 5.91 Å². The van der Waals surface area contributed by atoms with E-state index < -0.39 is 0 Å². The summed E-state index contributed by atoms with van der Waals surface area (Å²) in [6.45, 7) is 4.28. The Balaban J connectivity index is 1.40. The number of benzene rings is 2. The Morgan fingerprint density at radius 1 is 0.933 bits per heavy atom. The number of piperazine rings is 1. The summed E-state index contributed by atoms with van der Waals surface area (Å²) in [5.74, 6) is 1.68. The molecule has 2 aromatic carbocycles. The number of methoxy groups -OCH3 is 1. The van der Waals surface area contributed by atoms with E-state index in [1.54, 1.807) is 31.4 Å². The zero-order valence-corrected chi connectivity index (χ0v) is 17.1. The number of carbonyl (C=O) groups excluding carboxylic acids is 2. The summed E-state index contributed by atoms with van der Waals surface area (Å²) in [6, 6.07) is 18.6. The third-order valence-corrected chi connectivity index (χ3v) is 5.38. The van der Waals surface area contributed by atoms with E-state index >= 15 is 0 Å². The lowest BCUT2D eigenvalue weighted by Crippen LogP contribution is -2.48. The van der Waals surface area contributed by atoms with E-state index in [1.807, 2.05) is 35.2 Å². The van der Waals surface area contributed by atoms with Crippen LogP contribution in [0.2, 0.25) is 0 Å². The van der Waals surface area contributed by atoms with Crippen molar-refractivity contribution >= 4 is 17.4 Å². The maximum atomic E-state index is 12.9. The minimum absolute atomic E-state index is 0.0185. The Morgan fingerprint density at radius 2 is 1.67 bits per heavy atom. The van der Waals surface area contributed by atoms with Crippen molar-refractivity contribution in [2.75, 3.05) is 38.2 Å². The standard InChI is InChI=1S/C24H24N2O4/c1-17(27)18-6-8-19(9-7-18)22-10-11-23(30-22)24(28)26-14-12-25(13-15-26)20-4-3-5-21(16-20)29-2/h3-11,16H,12-15H2,1-2H3. The summed E-state index contributed by atoms with van der Waals surface area (Å²) in [6.07, 6.45) is 0. The molecule has 0 unspecified atom stereocenters. The van der Waals surface area contributed by atoms with Gasteiger partial charge in [-0.1, -0.05) is 30.3 Å². The first-order chi connectivity index (χ1) is 14.5. The van der Waals surface area contributed by atoms with Gasteiger partial charge in [0.05, 0.1) is 7.11 Å². The van der Waals surface area contributed by atoms with E-state index in [1.165, 1.54) is 6.92 Å². The van der Waals surface area contributed by atoms with Crippen molar-refractivity contribution in [3.8, 4) is 17.1 Å². The third kappa shape index (κ3) is 4.08. The lowest BCUT2D eigenvalue weighted by atomic mass is 10.1. The normalized spacial score (nSPS) is 13.9. The second-order valence-corrected chi connectivity index (χ2v) is 7.28. The van der Waals surface area contributed by atoms with Crippen molar-refractivity contribution in [1.82, 2.24) is 4.90 Å². The third-order valence-electron chi connectivity index (χ3n) is 5.38. The fraction of sp³-hybridized carbons (Fsp3) is 0.250. The molecule has 6 heteroatoms. The molecule has 4 rings (SSSR count). The Bertz CT molecular complexity index is 1050. The van der Waals surface area contributed by atoms with Crippen LogP contribution in [0.3, 0.4) is 0 Å². The minimum atomic E-state index is -0.105. The molecular weight excluding hydrogens is 380 g/mol. The van der Waals surface area contributed by atoms with Crippen LogP contribution in [-0.4, -0.2) is 49.9 Å². The molecule has 0 aliphatic carbocycles. The van der Waals surface area contributed by atoms with Crippen molar-refractivity contribution in [1.29, 1.82) is 0 Å². The van der Waals surface area contributed by atoms with Crippen LogP contribution in [0.5, 0.6) is 5.75 Å². The Labute approximate surface area is 175 Å². The van der Waals surface area contributed by atoms with E-state index in [-0.39, 0.29) is 11.7 Å². The van der Waals surface area contributed by atoms with Crippen LogP contribution in [0, 0.1) is 0 Å². The van der Waals surface area contributed by atoms with Crippen molar-refractivity contribution in [3.63, 3.8) is 0 Å². The average molecular weight is 404 g/mol. The smallest absolute Gasteiger partial charge is 0.289 e. The van der Waals surface area contributed by atoms with Crippen LogP contribution in [-0.2, 0) is 0 Å². The second-order valence-electron chi connectivity index (χ2n) is 7.28. The summed E-state index contributed by atoms with van der Waals surface area (Å²) in [7, 11) is 1.66. The van der Waals surface area contributed by atoms with E-state index in [2.05, 4.69) is 11.0 Å². The van der Waals surface area contributed by atoms with E-state index in [4.69, 9.17) is 9.15 Å². The number of carbonyl (C=O) groups is 2. The number of ketones is 1. The van der Waals surface area contributed by atoms with Crippen molar-refractivity contribution < 1.29 is 18.7 Å². The van der Waals surface area contributed by atoms with Crippen molar-refractivity contribution in [2.24, 2.45) is 0 Å². The fourth-order valence-electron chi connectivity index (χ4n) is 3.61. The molecule has 30 heavy (non-hydrogen) atoms. The van der Waals surface area contributed by atoms with Gasteiger partial charge in [-0.3, -0.25) is 9.59 Å². The SMILES string of the molecule is COc1cccc(N2CCN(C(=O)c3ccc(-c4ccc(C(C)=O)cc4)o3)CC2)c1. The maximum absolute atomic E-state index is 12.9. The molecule has 154 valence electrons. The molecule has 0 spiro atoms. The highest BCUT2D eigenvalue weighted by molar-refractivity contribution is 5.94. The molecule has 1 aromatic heterocycles. The summed E-state index contributed by atoms with van der Waals surface area (Å²) in [5.41, 5.74) is 2.58. The molecule has 1 saturated heterocycles. The second kappa shape index (κ2) is 8.45. The van der Waals surface area contributed by atoms with Gasteiger partial charge in [0.1, 0.15) is 11.5 Å². The number of rotatable bonds is 5. The lowest BCUT2D eigenvalue weighted by molar-refractivity contribution is 0.0715. The van der Waals surface area contributed by atoms with Gasteiger partial charge in [-0.2, -0.15) is 0 Å². The van der Waals surface area contributed by atoms with Crippen LogP contribution < -0.4 is 9.64 Å². The molecule has 1 fully saturated rings. The van der Waals surface area contributed by atoms with Crippen molar-refractivity contribution in [3.05, 3.63) is 72.0 Å². The predicted octanol–water partition coefficient (Wildman–Crippen LogP) is 4.12. The number of amides is 1. The van der Waals surface area contributed by atoms with E-state index in [0.29, 0.717) is 30.2 Å². The molecule has 0 atom stereocenters. The van der Waals surface area contributed by atoms with Crippen LogP contribution in [0.4, 0.5) is 5.69 Å². The first-order valence-corrected chi connectivity index (χ1v) is 9.94. The number of ether oxygens (including phenoxy) is 1. The highest BCUT2D eigenvalue weighted by Gasteiger charge is 2.24. The van der Waals surface area contributed by atoms with Gasteiger partial charge in [0.2, 0.25) is 0 Å². The first-order valence-electron chi connectivity index (χ1n) is 9.94. The van der Waals surface area contributed by atoms with Crippen LogP contribution in [0.25, 0.3) is 11.3 Å². The number of hydrogen-bond donors (Lipinski definition) is 0. The number of nitrogens with zero attached hydrogens (tertiary/aromatic N) is 2. The lowest BCUT2D eigenvalue weighted by Gasteiger charge is -2.35. The van der Waals surface area contributed by atoms with Gasteiger partial charge in [0.15, 0.2) is 11.5 Å². The summed E-state index contributed by atoms with van der Waals surface area (Å²) in [4.78, 5) is 28.4. The Morgan fingerprint density at radius 3 is 2.33 bits per heavy atom. The first kappa shape index (κ1) is 19.8. The zero-order valence-electron chi connectivity index (χ0n) is 17.1. The molecule has 1 amide bonds. The van der Waals surface area contributed by atoms with E-state index in [9.17, 15) is 9.59 Å². The Hall–Kier alpha value is -3.54. The minimum Gasteiger partial charge on any atom is -0.497 e. The molecular formula is C24H24N2O4. The molecule has 0 N–H and O–H groups in total. The van der Waals surface area contributed by atoms with Crippen LogP contribution in [0.15, 0.2) is 65.1 Å². The highest BCUT2D eigenvalue weighted by Crippen LogP contribution is 2.25. The van der Waals surface area contributed by atoms with Gasteiger partial charge in [0, 0.05) is 49.1 Å². The summed E-state index contributed by atoms with van der Waals surface area (Å²) in [5, 5.41) is 0. The van der Waals surface area contributed by atoms with Gasteiger partial charge >= 0.3 is 0 Å². The summed E-state index contributed by atoms with van der Waals surface area (Å²) >= 11 is 0. The molecule has 3 aromatic rings. The quantitative estimate of drug-likeness (QED) is 0.599. The van der Waals surface area contributed by atoms with Gasteiger partial charge < -0.3 is 19.0 Å². The zero-order chi connectivity index (χ0) is 21.1. The number of hydrogen-bond acceptors (Lipinski definition) is 5. The number of Topliss-reactive ketones (excluding diaryl/α,β-unsaturated/α-hetero) is 1. The Kier molecular flexibility index (Phi) is 5.57. The molecule has 0 saturated carbocycles. The summed E-state index contributed by atoms with van der Waals surface area (Å²) < 4.78 is 11.1. The molecule has 6 nitrogen and oxygen atoms in total.